The van der Waals surface area contributed by atoms with Crippen LogP contribution < -0.4 is 19.0 Å². The summed E-state index contributed by atoms with van der Waals surface area (Å²) in [5.41, 5.74) is 1.61. The van der Waals surface area contributed by atoms with Crippen molar-refractivity contribution in [3.05, 3.63) is 83.4 Å². The van der Waals surface area contributed by atoms with E-state index in [0.717, 1.165) is 11.3 Å². The largest absolute Gasteiger partial charge is 0.497 e. The molecular weight excluding hydrogens is 458 g/mol. The summed E-state index contributed by atoms with van der Waals surface area (Å²) in [4.78, 5) is 12.5. The average Bonchev–Trinajstić information content (AvgIpc) is 2.85. The molecule has 180 valence electrons. The molecule has 34 heavy (non-hydrogen) atoms. The average molecular weight is 486 g/mol. The van der Waals surface area contributed by atoms with E-state index in [1.165, 1.54) is 25.3 Å². The highest BCUT2D eigenvalue weighted by Gasteiger charge is 2.24. The van der Waals surface area contributed by atoms with E-state index in [2.05, 4.69) is 5.32 Å². The number of amides is 1. The van der Waals surface area contributed by atoms with Crippen molar-refractivity contribution < 1.29 is 32.0 Å². The summed E-state index contributed by atoms with van der Waals surface area (Å²) in [7, 11) is -1.22. The van der Waals surface area contributed by atoms with Gasteiger partial charge in [-0.25, -0.2) is 0 Å². The van der Waals surface area contributed by atoms with Crippen LogP contribution in [0.1, 0.15) is 16.7 Å². The molecule has 8 nitrogen and oxygen atoms in total. The number of methoxy groups -OCH3 is 2. The van der Waals surface area contributed by atoms with Crippen LogP contribution in [0.15, 0.2) is 71.6 Å². The Bertz CT molecular complexity index is 1230. The number of hydrogen-bond donors (Lipinski definition) is 2. The van der Waals surface area contributed by atoms with E-state index in [4.69, 9.17) is 13.7 Å². The van der Waals surface area contributed by atoms with Crippen LogP contribution in [0.3, 0.4) is 0 Å². The van der Waals surface area contributed by atoms with Crippen molar-refractivity contribution in [3.63, 3.8) is 0 Å². The summed E-state index contributed by atoms with van der Waals surface area (Å²) >= 11 is 0. The maximum absolute atomic E-state index is 12.7. The number of aliphatic hydroxyl groups excluding tert-OH is 1. The lowest BCUT2D eigenvalue weighted by molar-refractivity contribution is -0.120. The first-order chi connectivity index (χ1) is 16.4. The molecule has 1 amide bonds. The minimum Gasteiger partial charge on any atom is -0.497 e. The smallest absolute Gasteiger partial charge is 0.339 e. The first-order valence-electron chi connectivity index (χ1n) is 10.6. The molecule has 2 N–H and O–H groups in total. The maximum atomic E-state index is 12.7. The SMILES string of the molecule is COc1cccc(CCNC(=O)Cc2ccc(OC)c(OS(=O)(=O)c3ccccc3)c2CO)c1. The molecule has 0 aliphatic carbocycles. The molecule has 0 aliphatic rings. The second kappa shape index (κ2) is 11.5. The fourth-order valence-corrected chi connectivity index (χ4v) is 4.38. The maximum Gasteiger partial charge on any atom is 0.339 e. The van der Waals surface area contributed by atoms with Crippen molar-refractivity contribution in [2.75, 3.05) is 20.8 Å². The fourth-order valence-electron chi connectivity index (χ4n) is 3.39. The Morgan fingerprint density at radius 3 is 2.41 bits per heavy atom. The van der Waals surface area contributed by atoms with Gasteiger partial charge in [-0.1, -0.05) is 36.4 Å². The molecule has 0 saturated carbocycles. The predicted octanol–water partition coefficient (Wildman–Crippen LogP) is 2.87. The van der Waals surface area contributed by atoms with Crippen molar-refractivity contribution >= 4 is 16.0 Å². The van der Waals surface area contributed by atoms with Crippen molar-refractivity contribution in [2.45, 2.75) is 24.3 Å². The Hall–Kier alpha value is -3.56. The molecule has 0 unspecified atom stereocenters. The second-order valence-electron chi connectivity index (χ2n) is 7.37. The number of ether oxygens (including phenoxy) is 2. The van der Waals surface area contributed by atoms with Gasteiger partial charge >= 0.3 is 10.1 Å². The Balaban J connectivity index is 1.75. The van der Waals surface area contributed by atoms with Gasteiger partial charge in [0.1, 0.15) is 10.6 Å². The van der Waals surface area contributed by atoms with Crippen molar-refractivity contribution in [2.24, 2.45) is 0 Å². The predicted molar refractivity (Wildman–Crippen MR) is 127 cm³/mol. The van der Waals surface area contributed by atoms with Gasteiger partial charge in [-0.05, 0) is 47.9 Å². The minimum atomic E-state index is -4.18. The van der Waals surface area contributed by atoms with Crippen molar-refractivity contribution in [1.82, 2.24) is 5.32 Å². The lowest BCUT2D eigenvalue weighted by Gasteiger charge is -2.17. The van der Waals surface area contributed by atoms with Crippen LogP contribution in [-0.2, 0) is 34.4 Å². The molecule has 0 spiro atoms. The highest BCUT2D eigenvalue weighted by molar-refractivity contribution is 7.87. The zero-order chi connectivity index (χ0) is 24.6. The molecule has 3 aromatic carbocycles. The molecule has 9 heteroatoms. The highest BCUT2D eigenvalue weighted by atomic mass is 32.2. The van der Waals surface area contributed by atoms with Gasteiger partial charge in [0, 0.05) is 12.1 Å². The van der Waals surface area contributed by atoms with Gasteiger partial charge in [-0.3, -0.25) is 4.79 Å². The Labute approximate surface area is 199 Å². The van der Waals surface area contributed by atoms with Gasteiger partial charge in [0.15, 0.2) is 11.5 Å². The molecule has 3 aromatic rings. The monoisotopic (exact) mass is 485 g/mol. The van der Waals surface area contributed by atoms with Gasteiger partial charge in [0.25, 0.3) is 0 Å². The number of carbonyl (C=O) groups is 1. The summed E-state index contributed by atoms with van der Waals surface area (Å²) < 4.78 is 41.3. The fraction of sp³-hybridized carbons (Fsp3) is 0.240. The number of nitrogens with one attached hydrogen (secondary N) is 1. The van der Waals surface area contributed by atoms with Crippen LogP contribution in [0.2, 0.25) is 0 Å². The zero-order valence-corrected chi connectivity index (χ0v) is 19.8. The molecule has 0 fully saturated rings. The summed E-state index contributed by atoms with van der Waals surface area (Å²) in [6.45, 7) is -0.133. The molecular formula is C25H27NO7S. The lowest BCUT2D eigenvalue weighted by Crippen LogP contribution is -2.27. The van der Waals surface area contributed by atoms with E-state index in [-0.39, 0.29) is 34.3 Å². The number of hydrogen-bond acceptors (Lipinski definition) is 7. The number of carbonyl (C=O) groups excluding carboxylic acids is 1. The molecule has 3 rings (SSSR count). The van der Waals surface area contributed by atoms with Crippen molar-refractivity contribution in [3.8, 4) is 17.2 Å². The lowest BCUT2D eigenvalue weighted by atomic mass is 10.0. The van der Waals surface area contributed by atoms with Crippen LogP contribution in [0, 0.1) is 0 Å². The number of aliphatic hydroxyl groups is 1. The quantitative estimate of drug-likeness (QED) is 0.402. The van der Waals surface area contributed by atoms with Crippen LogP contribution in [0.4, 0.5) is 0 Å². The normalized spacial score (nSPS) is 11.0. The molecule has 0 bridgehead atoms. The van der Waals surface area contributed by atoms with Gasteiger partial charge in [-0.2, -0.15) is 8.42 Å². The summed E-state index contributed by atoms with van der Waals surface area (Å²) in [5, 5.41) is 12.8. The van der Waals surface area contributed by atoms with Gasteiger partial charge in [0.2, 0.25) is 5.91 Å². The molecule has 0 saturated heterocycles. The third kappa shape index (κ3) is 6.27. The summed E-state index contributed by atoms with van der Waals surface area (Å²) in [6.07, 6.45) is 0.543. The van der Waals surface area contributed by atoms with Gasteiger partial charge < -0.3 is 24.1 Å². The van der Waals surface area contributed by atoms with Gasteiger partial charge in [0.05, 0.1) is 27.2 Å². The molecule has 0 aromatic heterocycles. The highest BCUT2D eigenvalue weighted by Crippen LogP contribution is 2.36. The molecule has 0 atom stereocenters. The third-order valence-electron chi connectivity index (χ3n) is 5.15. The third-order valence-corrected chi connectivity index (χ3v) is 6.38. The Kier molecular flexibility index (Phi) is 8.50. The van der Waals surface area contributed by atoms with Crippen LogP contribution in [0.5, 0.6) is 17.2 Å². The zero-order valence-electron chi connectivity index (χ0n) is 19.0. The van der Waals surface area contributed by atoms with E-state index in [1.54, 1.807) is 31.4 Å². The standard InChI is InChI=1S/C25H27NO7S/c1-31-20-8-6-7-18(15-20)13-14-26-24(28)16-19-11-12-23(32-2)25(22(19)17-27)33-34(29,30)21-9-4-3-5-10-21/h3-12,15,27H,13-14,16-17H2,1-2H3,(H,26,28). The van der Waals surface area contributed by atoms with Gasteiger partial charge in [-0.15, -0.1) is 0 Å². The van der Waals surface area contributed by atoms with Crippen LogP contribution in [0.25, 0.3) is 0 Å². The number of benzene rings is 3. The molecule has 0 heterocycles. The first kappa shape index (κ1) is 25.1. The van der Waals surface area contributed by atoms with Crippen molar-refractivity contribution in [1.29, 1.82) is 0 Å². The minimum absolute atomic E-state index is 0.0402. The van der Waals surface area contributed by atoms with E-state index in [0.29, 0.717) is 18.5 Å². The van der Waals surface area contributed by atoms with E-state index in [9.17, 15) is 18.3 Å². The molecule has 0 radical (unpaired) electrons. The summed E-state index contributed by atoms with van der Waals surface area (Å²) in [6, 6.07) is 18.3. The Morgan fingerprint density at radius 1 is 0.971 bits per heavy atom. The number of rotatable bonds is 11. The summed E-state index contributed by atoms with van der Waals surface area (Å²) in [5.74, 6) is 0.452. The Morgan fingerprint density at radius 2 is 1.74 bits per heavy atom. The van der Waals surface area contributed by atoms with E-state index in [1.807, 2.05) is 24.3 Å². The second-order valence-corrected chi connectivity index (χ2v) is 8.92. The van der Waals surface area contributed by atoms with Crippen LogP contribution >= 0.6 is 0 Å². The first-order valence-corrected chi connectivity index (χ1v) is 12.0. The van der Waals surface area contributed by atoms with E-state index < -0.39 is 16.7 Å². The molecule has 0 aliphatic heterocycles. The van der Waals surface area contributed by atoms with E-state index >= 15 is 0 Å². The topological polar surface area (TPSA) is 111 Å². The van der Waals surface area contributed by atoms with Crippen LogP contribution in [-0.4, -0.2) is 40.2 Å².